The first-order chi connectivity index (χ1) is 5.22. The smallest absolute Gasteiger partial charge is 0.275 e. The number of hydroxylamine groups is 1. The normalized spacial score (nSPS) is 9.18. The van der Waals surface area contributed by atoms with Gasteiger partial charge < -0.3 is 5.21 Å². The van der Waals surface area contributed by atoms with E-state index in [4.69, 9.17) is 13.2 Å². The zero-order chi connectivity index (χ0) is 8.27. The first-order valence-electron chi connectivity index (χ1n) is 3.05. The second-order valence-corrected chi connectivity index (χ2v) is 2.02. The number of carbonyl (C=O) groups excluding carboxylic acids is 1. The van der Waals surface area contributed by atoms with E-state index in [2.05, 4.69) is 0 Å². The van der Waals surface area contributed by atoms with Crippen molar-refractivity contribution in [3.8, 4) is 0 Å². The Morgan fingerprint density at radius 1 is 1.36 bits per heavy atom. The standard InChI is InChI=1S/C7H6BNO2/c8-9(11)7(10)6-4-2-1-3-5-6/h1-5,11H. The van der Waals surface area contributed by atoms with Gasteiger partial charge >= 0.3 is 0 Å². The van der Waals surface area contributed by atoms with Crippen LogP contribution in [0.5, 0.6) is 0 Å². The second kappa shape index (κ2) is 3.21. The zero-order valence-corrected chi connectivity index (χ0v) is 5.77. The molecule has 1 aromatic rings. The number of amides is 1. The van der Waals surface area contributed by atoms with Crippen molar-refractivity contribution in [2.45, 2.75) is 0 Å². The summed E-state index contributed by atoms with van der Waals surface area (Å²) in [7, 11) is 4.81. The van der Waals surface area contributed by atoms with Gasteiger partial charge in [0.25, 0.3) is 13.9 Å². The van der Waals surface area contributed by atoms with Gasteiger partial charge in [0.1, 0.15) is 0 Å². The number of benzene rings is 1. The van der Waals surface area contributed by atoms with Crippen LogP contribution in [0.1, 0.15) is 10.4 Å². The van der Waals surface area contributed by atoms with Crippen molar-refractivity contribution in [3.63, 3.8) is 0 Å². The minimum Gasteiger partial charge on any atom is -0.300 e. The van der Waals surface area contributed by atoms with Gasteiger partial charge in [-0.1, -0.05) is 18.2 Å². The molecule has 0 saturated carbocycles. The fourth-order valence-corrected chi connectivity index (χ4v) is 0.713. The lowest BCUT2D eigenvalue weighted by molar-refractivity contribution is 0.00863. The van der Waals surface area contributed by atoms with Crippen molar-refractivity contribution in [1.29, 1.82) is 0 Å². The number of carbonyl (C=O) groups is 1. The van der Waals surface area contributed by atoms with E-state index in [1.54, 1.807) is 30.3 Å². The summed E-state index contributed by atoms with van der Waals surface area (Å²) in [6, 6.07) is 8.29. The lowest BCUT2D eigenvalue weighted by Crippen LogP contribution is -2.23. The molecule has 2 radical (unpaired) electrons. The zero-order valence-electron chi connectivity index (χ0n) is 5.77. The molecule has 1 aromatic carbocycles. The van der Waals surface area contributed by atoms with Crippen molar-refractivity contribution >= 4 is 13.9 Å². The van der Waals surface area contributed by atoms with Gasteiger partial charge in [-0.25, -0.2) is 0 Å². The van der Waals surface area contributed by atoms with Gasteiger partial charge in [-0.05, 0) is 12.1 Å². The maximum absolute atomic E-state index is 10.9. The van der Waals surface area contributed by atoms with E-state index >= 15 is 0 Å². The molecule has 0 aliphatic rings. The molecule has 1 N–H and O–H groups in total. The molecule has 11 heavy (non-hydrogen) atoms. The lowest BCUT2D eigenvalue weighted by atomic mass is 10.2. The predicted molar refractivity (Wildman–Crippen MR) is 40.2 cm³/mol. The van der Waals surface area contributed by atoms with Crippen LogP contribution in [0.25, 0.3) is 0 Å². The Labute approximate surface area is 65.6 Å². The molecule has 0 spiro atoms. The Morgan fingerprint density at radius 2 is 1.91 bits per heavy atom. The Morgan fingerprint density at radius 3 is 2.36 bits per heavy atom. The van der Waals surface area contributed by atoms with Crippen LogP contribution in [0.15, 0.2) is 30.3 Å². The van der Waals surface area contributed by atoms with Crippen molar-refractivity contribution < 1.29 is 10.0 Å². The van der Waals surface area contributed by atoms with Crippen LogP contribution in [-0.4, -0.2) is 24.1 Å². The summed E-state index contributed by atoms with van der Waals surface area (Å²) >= 11 is 0. The molecule has 0 bridgehead atoms. The lowest BCUT2D eigenvalue weighted by Gasteiger charge is -2.07. The van der Waals surface area contributed by atoms with Gasteiger partial charge in [-0.3, -0.25) is 9.77 Å². The summed E-state index contributed by atoms with van der Waals surface area (Å²) in [6.07, 6.45) is 0. The SMILES string of the molecule is [B]N(O)C(=O)c1ccccc1. The van der Waals surface area contributed by atoms with Crippen molar-refractivity contribution in [3.05, 3.63) is 35.9 Å². The van der Waals surface area contributed by atoms with E-state index in [-0.39, 0.29) is 4.97 Å². The fraction of sp³-hybridized carbons (Fsp3) is 0. The van der Waals surface area contributed by atoms with E-state index in [0.29, 0.717) is 5.56 Å². The molecular weight excluding hydrogens is 141 g/mol. The topological polar surface area (TPSA) is 40.5 Å². The van der Waals surface area contributed by atoms with Crippen LogP contribution >= 0.6 is 0 Å². The van der Waals surface area contributed by atoms with Crippen molar-refractivity contribution in [1.82, 2.24) is 4.97 Å². The van der Waals surface area contributed by atoms with Crippen LogP contribution in [0.3, 0.4) is 0 Å². The molecule has 0 aromatic heterocycles. The number of hydrogen-bond donors (Lipinski definition) is 1. The van der Waals surface area contributed by atoms with Crippen molar-refractivity contribution in [2.75, 3.05) is 0 Å². The monoisotopic (exact) mass is 147 g/mol. The number of hydrogen-bond acceptors (Lipinski definition) is 2. The molecule has 0 unspecified atom stereocenters. The average Bonchev–Trinajstić information content (AvgIpc) is 2.05. The highest BCUT2D eigenvalue weighted by molar-refractivity contribution is 6.16. The Bertz CT molecular complexity index is 248. The molecule has 54 valence electrons. The van der Waals surface area contributed by atoms with Gasteiger partial charge in [0.05, 0.1) is 0 Å². The van der Waals surface area contributed by atoms with E-state index in [1.807, 2.05) is 0 Å². The molecular formula is C7H6BNO2. The third-order valence-electron chi connectivity index (χ3n) is 1.23. The first-order valence-corrected chi connectivity index (χ1v) is 3.05. The molecule has 1 amide bonds. The summed E-state index contributed by atoms with van der Waals surface area (Å²) in [5.74, 6) is -0.620. The number of rotatable bonds is 1. The van der Waals surface area contributed by atoms with Crippen LogP contribution in [0.4, 0.5) is 0 Å². The maximum atomic E-state index is 10.9. The van der Waals surface area contributed by atoms with Gasteiger partial charge in [-0.15, -0.1) is 0 Å². The maximum Gasteiger partial charge on any atom is 0.275 e. The predicted octanol–water partition coefficient (Wildman–Crippen LogP) is 0.601. The fourth-order valence-electron chi connectivity index (χ4n) is 0.713. The average molecular weight is 147 g/mol. The molecule has 0 fully saturated rings. The molecule has 0 aliphatic heterocycles. The van der Waals surface area contributed by atoms with Gasteiger partial charge in [0.2, 0.25) is 0 Å². The molecule has 3 nitrogen and oxygen atoms in total. The van der Waals surface area contributed by atoms with Crippen LogP contribution in [-0.2, 0) is 0 Å². The highest BCUT2D eigenvalue weighted by atomic mass is 16.5. The second-order valence-electron chi connectivity index (χ2n) is 2.02. The Hall–Kier alpha value is -1.29. The number of nitrogens with zero attached hydrogens (tertiary/aromatic N) is 1. The van der Waals surface area contributed by atoms with E-state index in [1.165, 1.54) is 0 Å². The van der Waals surface area contributed by atoms with E-state index in [9.17, 15) is 4.79 Å². The molecule has 0 aliphatic carbocycles. The third kappa shape index (κ3) is 1.81. The summed E-state index contributed by atoms with van der Waals surface area (Å²) in [5.41, 5.74) is 0.359. The van der Waals surface area contributed by atoms with Crippen LogP contribution in [0, 0.1) is 0 Å². The molecule has 0 atom stereocenters. The van der Waals surface area contributed by atoms with Gasteiger partial charge in [-0.2, -0.15) is 0 Å². The largest absolute Gasteiger partial charge is 0.300 e. The summed E-state index contributed by atoms with van der Waals surface area (Å²) < 4.78 is 0. The summed E-state index contributed by atoms with van der Waals surface area (Å²) in [5, 5.41) is 8.54. The minimum atomic E-state index is -0.620. The Kier molecular flexibility index (Phi) is 2.28. The molecule has 1 rings (SSSR count). The summed E-state index contributed by atoms with van der Waals surface area (Å²) in [4.78, 5) is 11.0. The molecule has 0 saturated heterocycles. The first kappa shape index (κ1) is 7.82. The quantitative estimate of drug-likeness (QED) is 0.359. The highest BCUT2D eigenvalue weighted by Gasteiger charge is 2.06. The van der Waals surface area contributed by atoms with Crippen LogP contribution < -0.4 is 0 Å². The molecule has 0 heterocycles. The van der Waals surface area contributed by atoms with Crippen LogP contribution in [0.2, 0.25) is 0 Å². The van der Waals surface area contributed by atoms with E-state index < -0.39 is 5.91 Å². The minimum absolute atomic E-state index is 0.0648. The molecule has 4 heteroatoms. The Balaban J connectivity index is 2.86. The van der Waals surface area contributed by atoms with Crippen molar-refractivity contribution in [2.24, 2.45) is 0 Å². The van der Waals surface area contributed by atoms with E-state index in [0.717, 1.165) is 0 Å². The third-order valence-corrected chi connectivity index (χ3v) is 1.23. The van der Waals surface area contributed by atoms with Gasteiger partial charge in [0.15, 0.2) is 0 Å². The summed E-state index contributed by atoms with van der Waals surface area (Å²) in [6.45, 7) is 0. The highest BCUT2D eigenvalue weighted by Crippen LogP contribution is 1.99. The van der Waals surface area contributed by atoms with Gasteiger partial charge in [0, 0.05) is 5.56 Å².